The fraction of sp³-hybridized carbons (Fsp3) is 0.320. The molecule has 0 aliphatic heterocycles. The lowest BCUT2D eigenvalue weighted by Crippen LogP contribution is -2.34. The highest BCUT2D eigenvalue weighted by atomic mass is 35.5. The molecule has 0 aliphatic rings. The fourth-order valence-electron chi connectivity index (χ4n) is 3.56. The van der Waals surface area contributed by atoms with E-state index in [4.69, 9.17) is 30.5 Å². The molecule has 1 amide bonds. The van der Waals surface area contributed by atoms with Gasteiger partial charge in [0.05, 0.1) is 40.4 Å². The highest BCUT2D eigenvalue weighted by Gasteiger charge is 2.18. The zero-order chi connectivity index (χ0) is 29.3. The van der Waals surface area contributed by atoms with Gasteiger partial charge >= 0.3 is 0 Å². The van der Waals surface area contributed by atoms with E-state index >= 15 is 0 Å². The van der Waals surface area contributed by atoms with Gasteiger partial charge in [-0.25, -0.2) is 18.1 Å². The number of hydrogen-bond acceptors (Lipinski definition) is 11. The van der Waals surface area contributed by atoms with Crippen LogP contribution in [0.3, 0.4) is 0 Å². The number of carbonyl (C=O) groups is 1. The third-order valence-electron chi connectivity index (χ3n) is 5.40. The Kier molecular flexibility index (Phi) is 10.6. The van der Waals surface area contributed by atoms with Gasteiger partial charge in [0.2, 0.25) is 27.6 Å². The van der Waals surface area contributed by atoms with Crippen molar-refractivity contribution in [3.05, 3.63) is 47.1 Å². The Morgan fingerprint density at radius 3 is 2.25 bits per heavy atom. The summed E-state index contributed by atoms with van der Waals surface area (Å²) in [7, 11) is 2.24. The van der Waals surface area contributed by atoms with Gasteiger partial charge in [-0.3, -0.25) is 4.79 Å². The fourth-order valence-corrected chi connectivity index (χ4v) is 4.87. The maximum Gasteiger partial charge on any atom is 0.229 e. The minimum absolute atomic E-state index is 0.0440. The zero-order valence-electron chi connectivity index (χ0n) is 22.6. The molecule has 0 unspecified atom stereocenters. The van der Waals surface area contributed by atoms with Crippen molar-refractivity contribution in [2.75, 3.05) is 52.2 Å². The van der Waals surface area contributed by atoms with Crippen LogP contribution >= 0.6 is 11.6 Å². The van der Waals surface area contributed by atoms with Crippen LogP contribution in [0.15, 0.2) is 36.5 Å². The first-order valence-electron chi connectivity index (χ1n) is 11.8. The number of carbonyl (C=O) groups excluding carboxylic acids is 1. The van der Waals surface area contributed by atoms with E-state index in [1.165, 1.54) is 41.6 Å². The zero-order valence-corrected chi connectivity index (χ0v) is 24.2. The number of ether oxygens (including phenoxy) is 4. The van der Waals surface area contributed by atoms with Gasteiger partial charge in [-0.1, -0.05) is 11.6 Å². The summed E-state index contributed by atoms with van der Waals surface area (Å²) in [6.07, 6.45) is 1.40. The summed E-state index contributed by atoms with van der Waals surface area (Å²) in [6, 6.07) is 8.31. The summed E-state index contributed by atoms with van der Waals surface area (Å²) >= 11 is 6.38. The number of aromatic nitrogens is 2. The predicted octanol–water partition coefficient (Wildman–Crippen LogP) is 3.21. The molecule has 4 N–H and O–H groups in total. The summed E-state index contributed by atoms with van der Waals surface area (Å²) in [5.41, 5.74) is 1.40. The van der Waals surface area contributed by atoms with Crippen LogP contribution in [0.25, 0.3) is 0 Å². The Balaban J connectivity index is 1.86. The number of sulfonamides is 1. The molecule has 0 atom stereocenters. The molecule has 0 saturated carbocycles. The monoisotopic (exact) mass is 594 g/mol. The molecule has 1 heterocycles. The molecule has 216 valence electrons. The van der Waals surface area contributed by atoms with Crippen molar-refractivity contribution in [1.82, 2.24) is 20.0 Å². The minimum Gasteiger partial charge on any atom is -0.497 e. The van der Waals surface area contributed by atoms with Crippen molar-refractivity contribution >= 4 is 50.7 Å². The Hall–Kier alpha value is -4.01. The first-order valence-corrected chi connectivity index (χ1v) is 13.9. The first-order chi connectivity index (χ1) is 19.1. The molecule has 0 aliphatic carbocycles. The Morgan fingerprint density at radius 1 is 0.950 bits per heavy atom. The molecule has 3 aromatic rings. The van der Waals surface area contributed by atoms with Crippen LogP contribution < -0.4 is 39.6 Å². The van der Waals surface area contributed by atoms with Crippen LogP contribution in [0.2, 0.25) is 5.02 Å². The smallest absolute Gasteiger partial charge is 0.229 e. The van der Waals surface area contributed by atoms with Crippen LogP contribution in [-0.2, 0) is 20.6 Å². The molecule has 1 aromatic heterocycles. The largest absolute Gasteiger partial charge is 0.497 e. The van der Waals surface area contributed by atoms with Gasteiger partial charge in [0.1, 0.15) is 10.8 Å². The molecular formula is C25H31ClN6O7S. The molecule has 15 heteroatoms. The summed E-state index contributed by atoms with van der Waals surface area (Å²) in [5, 5.41) is 8.90. The van der Waals surface area contributed by atoms with E-state index in [-0.39, 0.29) is 41.5 Å². The lowest BCUT2D eigenvalue weighted by atomic mass is 10.2. The van der Waals surface area contributed by atoms with Gasteiger partial charge < -0.3 is 34.9 Å². The van der Waals surface area contributed by atoms with Crippen molar-refractivity contribution < 1.29 is 32.2 Å². The lowest BCUT2D eigenvalue weighted by Gasteiger charge is -2.16. The quantitative estimate of drug-likeness (QED) is 0.203. The second-order valence-electron chi connectivity index (χ2n) is 8.21. The van der Waals surface area contributed by atoms with E-state index in [0.717, 1.165) is 0 Å². The van der Waals surface area contributed by atoms with Gasteiger partial charge in [0.15, 0.2) is 17.3 Å². The Labute approximate surface area is 237 Å². The standard InChI is InChI=1S/C25H31ClN6O7S/c1-15(33)27-8-9-29-40(34,35)14-16-10-18(36-2)6-7-20(16)31-24-19(26)13-28-25(32-24)30-17-11-21(37-3)23(39-5)22(12-17)38-4/h6-7,10-13,29H,8-9,14H2,1-5H3,(H,27,33)(H2,28,30,31,32). The second kappa shape index (κ2) is 13.9. The molecule has 0 saturated heterocycles. The number of rotatable bonds is 14. The third kappa shape index (κ3) is 8.24. The van der Waals surface area contributed by atoms with E-state index < -0.39 is 10.0 Å². The maximum absolute atomic E-state index is 12.7. The van der Waals surface area contributed by atoms with Crippen molar-refractivity contribution in [3.8, 4) is 23.0 Å². The lowest BCUT2D eigenvalue weighted by molar-refractivity contribution is -0.118. The minimum atomic E-state index is -3.76. The molecule has 2 aromatic carbocycles. The van der Waals surface area contributed by atoms with Crippen LogP contribution in [-0.4, -0.2) is 65.8 Å². The average molecular weight is 595 g/mol. The SMILES string of the molecule is COc1ccc(Nc2nc(Nc3cc(OC)c(OC)c(OC)c3)ncc2Cl)c(CS(=O)(=O)NCCNC(C)=O)c1. The maximum atomic E-state index is 12.7. The van der Waals surface area contributed by atoms with Crippen molar-refractivity contribution in [2.24, 2.45) is 0 Å². The van der Waals surface area contributed by atoms with Crippen LogP contribution in [0.4, 0.5) is 23.1 Å². The van der Waals surface area contributed by atoms with Crippen LogP contribution in [0, 0.1) is 0 Å². The van der Waals surface area contributed by atoms with E-state index in [9.17, 15) is 13.2 Å². The number of methoxy groups -OCH3 is 4. The second-order valence-corrected chi connectivity index (χ2v) is 10.4. The molecule has 0 spiro atoms. The van der Waals surface area contributed by atoms with Crippen LogP contribution in [0.1, 0.15) is 12.5 Å². The van der Waals surface area contributed by atoms with Crippen molar-refractivity contribution in [1.29, 1.82) is 0 Å². The van der Waals surface area contributed by atoms with Crippen molar-refractivity contribution in [2.45, 2.75) is 12.7 Å². The molecule has 13 nitrogen and oxygen atoms in total. The summed E-state index contributed by atoms with van der Waals surface area (Å²) in [6.45, 7) is 1.56. The molecule has 0 bridgehead atoms. The molecule has 3 rings (SSSR count). The Bertz CT molecular complexity index is 1430. The number of amides is 1. The number of nitrogens with zero attached hydrogens (tertiary/aromatic N) is 2. The highest BCUT2D eigenvalue weighted by Crippen LogP contribution is 2.40. The Morgan fingerprint density at radius 2 is 1.65 bits per heavy atom. The van der Waals surface area contributed by atoms with Gasteiger partial charge in [-0.15, -0.1) is 0 Å². The normalized spacial score (nSPS) is 10.9. The van der Waals surface area contributed by atoms with E-state index in [1.54, 1.807) is 30.3 Å². The molecule has 40 heavy (non-hydrogen) atoms. The van der Waals surface area contributed by atoms with Crippen molar-refractivity contribution in [3.63, 3.8) is 0 Å². The average Bonchev–Trinajstić information content (AvgIpc) is 2.92. The third-order valence-corrected chi connectivity index (χ3v) is 7.01. The van der Waals surface area contributed by atoms with Gasteiger partial charge in [0, 0.05) is 43.5 Å². The highest BCUT2D eigenvalue weighted by molar-refractivity contribution is 7.88. The topological polar surface area (TPSA) is 162 Å². The van der Waals surface area contributed by atoms with Crippen LogP contribution in [0.5, 0.6) is 23.0 Å². The van der Waals surface area contributed by atoms with Gasteiger partial charge in [0.25, 0.3) is 0 Å². The van der Waals surface area contributed by atoms with E-state index in [0.29, 0.717) is 39.9 Å². The predicted molar refractivity (Wildman–Crippen MR) is 152 cm³/mol. The number of benzene rings is 2. The number of halogens is 1. The number of anilines is 4. The molecule has 0 radical (unpaired) electrons. The summed E-state index contributed by atoms with van der Waals surface area (Å²) in [4.78, 5) is 19.7. The van der Waals surface area contributed by atoms with Gasteiger partial charge in [-0.05, 0) is 23.8 Å². The number of nitrogens with one attached hydrogen (secondary N) is 4. The van der Waals surface area contributed by atoms with Gasteiger partial charge in [-0.2, -0.15) is 4.98 Å². The van der Waals surface area contributed by atoms with E-state index in [1.807, 2.05) is 0 Å². The number of hydrogen-bond donors (Lipinski definition) is 4. The van der Waals surface area contributed by atoms with E-state index in [2.05, 4.69) is 30.6 Å². The molecule has 0 fully saturated rings. The summed E-state index contributed by atoms with van der Waals surface area (Å²) in [5.74, 6) is 1.58. The first kappa shape index (κ1) is 30.5. The summed E-state index contributed by atoms with van der Waals surface area (Å²) < 4.78 is 49.4. The molecular weight excluding hydrogens is 564 g/mol.